The zero-order chi connectivity index (χ0) is 22.5. The van der Waals surface area contributed by atoms with Gasteiger partial charge >= 0.3 is 0 Å². The molecule has 4 rings (SSSR count). The first-order valence-electron chi connectivity index (χ1n) is 10.5. The lowest BCUT2D eigenvalue weighted by molar-refractivity contribution is -0.122. The Kier molecular flexibility index (Phi) is 6.84. The van der Waals surface area contributed by atoms with Crippen LogP contribution in [-0.2, 0) is 9.59 Å². The predicted octanol–water partition coefficient (Wildman–Crippen LogP) is 3.68. The number of anilines is 2. The number of hydrogen-bond donors (Lipinski definition) is 2. The molecule has 0 saturated carbocycles. The second kappa shape index (κ2) is 9.95. The molecule has 2 fully saturated rings. The van der Waals surface area contributed by atoms with Crippen molar-refractivity contribution in [2.45, 2.75) is 31.4 Å². The molecule has 9 heteroatoms. The minimum Gasteiger partial charge on any atom is -0.372 e. The number of rotatable bonds is 6. The van der Waals surface area contributed by atoms with Crippen LogP contribution in [0.1, 0.15) is 30.4 Å². The molecule has 2 saturated heterocycles. The number of halogens is 1. The molecule has 0 spiro atoms. The largest absolute Gasteiger partial charge is 0.372 e. The highest BCUT2D eigenvalue weighted by atomic mass is 32.2. The Hall–Kier alpha value is -3.20. The Morgan fingerprint density at radius 2 is 2.00 bits per heavy atom. The van der Waals surface area contributed by atoms with Gasteiger partial charge in [0.2, 0.25) is 11.8 Å². The highest BCUT2D eigenvalue weighted by molar-refractivity contribution is 8.15. The molecule has 0 radical (unpaired) electrons. The minimum atomic E-state index is -0.579. The van der Waals surface area contributed by atoms with E-state index < -0.39 is 5.25 Å². The summed E-state index contributed by atoms with van der Waals surface area (Å²) in [6.45, 7) is 3.81. The Bertz CT molecular complexity index is 1060. The van der Waals surface area contributed by atoms with E-state index in [0.29, 0.717) is 22.0 Å². The summed E-state index contributed by atoms with van der Waals surface area (Å²) in [5, 5.41) is 13.1. The van der Waals surface area contributed by atoms with Gasteiger partial charge in [0.15, 0.2) is 5.17 Å². The summed E-state index contributed by atoms with van der Waals surface area (Å²) in [6, 6.07) is 12.5. The molecule has 2 aliphatic rings. The van der Waals surface area contributed by atoms with Crippen LogP contribution in [0.4, 0.5) is 15.8 Å². The smallest absolute Gasteiger partial charge is 0.240 e. The molecule has 0 aromatic heterocycles. The first-order valence-corrected chi connectivity index (χ1v) is 11.4. The molecular weight excluding hydrogens is 429 g/mol. The number of nitrogens with one attached hydrogen (secondary N) is 2. The zero-order valence-corrected chi connectivity index (χ0v) is 18.5. The van der Waals surface area contributed by atoms with Crippen LogP contribution in [0.3, 0.4) is 0 Å². The SMILES string of the molecule is Cc1ccc(/C=N/N=C2\NC(=O)C(CC(=O)Nc3ccc(N4CCCC4)cc3)S2)cc1F. The zero-order valence-electron chi connectivity index (χ0n) is 17.7. The quantitative estimate of drug-likeness (QED) is 0.516. The fourth-order valence-electron chi connectivity index (χ4n) is 3.54. The van der Waals surface area contributed by atoms with Crippen molar-refractivity contribution in [2.75, 3.05) is 23.3 Å². The normalized spacial score (nSPS) is 19.7. The monoisotopic (exact) mass is 453 g/mol. The topological polar surface area (TPSA) is 86.2 Å². The first-order chi connectivity index (χ1) is 15.5. The number of carbonyl (C=O) groups is 2. The van der Waals surface area contributed by atoms with Crippen LogP contribution in [0.15, 0.2) is 52.7 Å². The van der Waals surface area contributed by atoms with E-state index in [9.17, 15) is 14.0 Å². The summed E-state index contributed by atoms with van der Waals surface area (Å²) < 4.78 is 13.6. The van der Waals surface area contributed by atoms with E-state index in [1.165, 1.54) is 25.1 Å². The predicted molar refractivity (Wildman–Crippen MR) is 127 cm³/mol. The van der Waals surface area contributed by atoms with Gasteiger partial charge in [-0.3, -0.25) is 9.59 Å². The molecule has 2 N–H and O–H groups in total. The van der Waals surface area contributed by atoms with Gasteiger partial charge in [0, 0.05) is 30.9 Å². The van der Waals surface area contributed by atoms with Gasteiger partial charge in [0.05, 0.1) is 6.21 Å². The fraction of sp³-hybridized carbons (Fsp3) is 0.304. The van der Waals surface area contributed by atoms with E-state index in [1.54, 1.807) is 19.1 Å². The standard InChI is InChI=1S/C23H24FN5O2S/c1-15-4-5-16(12-19(15)24)14-25-28-23-27-22(31)20(32-23)13-21(30)26-17-6-8-18(9-7-17)29-10-2-3-11-29/h4-9,12,14,20H,2-3,10-11,13H2,1H3,(H,26,30)(H,27,28,31)/b25-14+. The van der Waals surface area contributed by atoms with Gasteiger partial charge in [-0.1, -0.05) is 23.9 Å². The highest BCUT2D eigenvalue weighted by Gasteiger charge is 2.32. The lowest BCUT2D eigenvalue weighted by atomic mass is 10.1. The van der Waals surface area contributed by atoms with E-state index in [0.717, 1.165) is 30.5 Å². The maximum absolute atomic E-state index is 13.6. The molecule has 2 aromatic carbocycles. The molecule has 1 atom stereocenters. The first kappa shape index (κ1) is 22.0. The van der Waals surface area contributed by atoms with Gasteiger partial charge in [0.1, 0.15) is 11.1 Å². The third kappa shape index (κ3) is 5.53. The Morgan fingerprint density at radius 3 is 2.72 bits per heavy atom. The van der Waals surface area contributed by atoms with E-state index in [-0.39, 0.29) is 24.1 Å². The van der Waals surface area contributed by atoms with Crippen LogP contribution in [0.25, 0.3) is 0 Å². The Labute approximate surface area is 190 Å². The van der Waals surface area contributed by atoms with E-state index in [4.69, 9.17) is 0 Å². The molecule has 0 aliphatic carbocycles. The number of thioether (sulfide) groups is 1. The van der Waals surface area contributed by atoms with Crippen molar-refractivity contribution >= 4 is 46.3 Å². The third-order valence-corrected chi connectivity index (χ3v) is 6.39. The van der Waals surface area contributed by atoms with Crippen molar-refractivity contribution in [2.24, 2.45) is 10.2 Å². The van der Waals surface area contributed by atoms with Crippen LogP contribution in [-0.4, -0.2) is 41.5 Å². The summed E-state index contributed by atoms with van der Waals surface area (Å²) >= 11 is 1.15. The van der Waals surface area contributed by atoms with Crippen LogP contribution < -0.4 is 15.5 Å². The molecule has 2 heterocycles. The molecule has 1 unspecified atom stereocenters. The number of hydrogen-bond acceptors (Lipinski definition) is 6. The average molecular weight is 454 g/mol. The molecule has 166 valence electrons. The van der Waals surface area contributed by atoms with Crippen molar-refractivity contribution in [3.05, 3.63) is 59.4 Å². The number of amidine groups is 1. The summed E-state index contributed by atoms with van der Waals surface area (Å²) in [4.78, 5) is 26.9. The van der Waals surface area contributed by atoms with Crippen molar-refractivity contribution in [1.29, 1.82) is 0 Å². The molecule has 7 nitrogen and oxygen atoms in total. The van der Waals surface area contributed by atoms with Crippen LogP contribution in [0.5, 0.6) is 0 Å². The summed E-state index contributed by atoms with van der Waals surface area (Å²) in [6.07, 6.45) is 3.85. The van der Waals surface area contributed by atoms with E-state index in [2.05, 4.69) is 25.7 Å². The third-order valence-electron chi connectivity index (χ3n) is 5.32. The Morgan fingerprint density at radius 1 is 1.25 bits per heavy atom. The number of aryl methyl sites for hydroxylation is 1. The van der Waals surface area contributed by atoms with Crippen molar-refractivity contribution < 1.29 is 14.0 Å². The molecular formula is C23H24FN5O2S. The van der Waals surface area contributed by atoms with Gasteiger partial charge in [0.25, 0.3) is 0 Å². The lowest BCUT2D eigenvalue weighted by Gasteiger charge is -2.17. The van der Waals surface area contributed by atoms with Gasteiger partial charge < -0.3 is 15.5 Å². The average Bonchev–Trinajstić information content (AvgIpc) is 3.42. The minimum absolute atomic E-state index is 0.0241. The van der Waals surface area contributed by atoms with Crippen LogP contribution >= 0.6 is 11.8 Å². The maximum Gasteiger partial charge on any atom is 0.240 e. The van der Waals surface area contributed by atoms with Gasteiger partial charge in [-0.25, -0.2) is 4.39 Å². The second-order valence-electron chi connectivity index (χ2n) is 7.75. The number of benzene rings is 2. The summed E-state index contributed by atoms with van der Waals surface area (Å²) in [7, 11) is 0. The van der Waals surface area contributed by atoms with Crippen molar-refractivity contribution in [3.63, 3.8) is 0 Å². The van der Waals surface area contributed by atoms with Crippen molar-refractivity contribution in [3.8, 4) is 0 Å². The molecule has 0 bridgehead atoms. The summed E-state index contributed by atoms with van der Waals surface area (Å²) in [5.41, 5.74) is 2.97. The number of nitrogens with zero attached hydrogens (tertiary/aromatic N) is 3. The Balaban J connectivity index is 1.29. The molecule has 2 amide bonds. The van der Waals surface area contributed by atoms with Crippen molar-refractivity contribution in [1.82, 2.24) is 5.32 Å². The molecule has 2 aromatic rings. The molecule has 2 aliphatic heterocycles. The van der Waals surface area contributed by atoms with Crippen LogP contribution in [0.2, 0.25) is 0 Å². The van der Waals surface area contributed by atoms with E-state index in [1.807, 2.05) is 24.3 Å². The maximum atomic E-state index is 13.6. The number of amides is 2. The summed E-state index contributed by atoms with van der Waals surface area (Å²) in [5.74, 6) is -0.849. The fourth-order valence-corrected chi connectivity index (χ4v) is 4.46. The van der Waals surface area contributed by atoms with Crippen LogP contribution in [0, 0.1) is 12.7 Å². The van der Waals surface area contributed by atoms with Gasteiger partial charge in [-0.2, -0.15) is 5.10 Å². The lowest BCUT2D eigenvalue weighted by Crippen LogP contribution is -2.28. The number of carbonyl (C=O) groups excluding carboxylic acids is 2. The second-order valence-corrected chi connectivity index (χ2v) is 8.94. The molecule has 32 heavy (non-hydrogen) atoms. The van der Waals surface area contributed by atoms with Gasteiger partial charge in [-0.05, 0) is 61.2 Å². The van der Waals surface area contributed by atoms with E-state index >= 15 is 0 Å². The van der Waals surface area contributed by atoms with Gasteiger partial charge in [-0.15, -0.1) is 5.10 Å². The highest BCUT2D eigenvalue weighted by Crippen LogP contribution is 2.25.